The highest BCUT2D eigenvalue weighted by molar-refractivity contribution is 7.99. The van der Waals surface area contributed by atoms with Gasteiger partial charge in [0.1, 0.15) is 0 Å². The second-order valence-corrected chi connectivity index (χ2v) is 10.5. The molecule has 2 aromatic rings. The van der Waals surface area contributed by atoms with Crippen molar-refractivity contribution in [3.63, 3.8) is 0 Å². The van der Waals surface area contributed by atoms with Crippen LogP contribution in [0.2, 0.25) is 5.02 Å². The van der Waals surface area contributed by atoms with Crippen LogP contribution in [0.25, 0.3) is 0 Å². The fourth-order valence-corrected chi connectivity index (χ4v) is 4.39. The second-order valence-electron chi connectivity index (χ2n) is 7.01. The van der Waals surface area contributed by atoms with E-state index in [1.165, 1.54) is 11.8 Å². The Labute approximate surface area is 174 Å². The van der Waals surface area contributed by atoms with E-state index in [-0.39, 0.29) is 23.7 Å². The molecular formula is C19H21ClF3NO2S2. The van der Waals surface area contributed by atoms with Crippen LogP contribution in [0, 0.1) is 0 Å². The molecule has 0 spiro atoms. The van der Waals surface area contributed by atoms with E-state index in [9.17, 15) is 22.5 Å². The summed E-state index contributed by atoms with van der Waals surface area (Å²) in [6, 6.07) is 8.92. The topological polar surface area (TPSA) is 49.3 Å². The van der Waals surface area contributed by atoms with Gasteiger partial charge in [-0.05, 0) is 50.1 Å². The van der Waals surface area contributed by atoms with Crippen molar-refractivity contribution in [2.75, 3.05) is 0 Å². The number of alkyl halides is 3. The molecule has 0 aliphatic heterocycles. The van der Waals surface area contributed by atoms with E-state index < -0.39 is 27.5 Å². The van der Waals surface area contributed by atoms with Crippen LogP contribution in [0.1, 0.15) is 37.5 Å². The monoisotopic (exact) mass is 451 g/mol. The molecule has 2 aromatic carbocycles. The Kier molecular flexibility index (Phi) is 7.61. The SMILES string of the molecule is CC(C)(C)S(=O)NCc1cc(C(F)(F)F)cc(Cl)c1Sc1ccccc1CO. The zero-order valence-corrected chi connectivity index (χ0v) is 18.0. The molecule has 0 saturated carbocycles. The quantitative estimate of drug-likeness (QED) is 0.605. The van der Waals surface area contributed by atoms with E-state index in [0.717, 1.165) is 12.1 Å². The first-order chi connectivity index (χ1) is 12.9. The zero-order chi connectivity index (χ0) is 21.1. The Morgan fingerprint density at radius 1 is 1.14 bits per heavy atom. The molecule has 0 heterocycles. The first-order valence-corrected chi connectivity index (χ1v) is 10.7. The lowest BCUT2D eigenvalue weighted by Gasteiger charge is -2.20. The number of halogens is 4. The molecule has 0 saturated heterocycles. The van der Waals surface area contributed by atoms with Gasteiger partial charge in [-0.15, -0.1) is 0 Å². The standard InChI is InChI=1S/C19H21ClF3NO2S2/c1-18(2,3)28(26)24-10-13-8-14(19(21,22)23)9-15(20)17(13)27-16-7-5-4-6-12(16)11-25/h4-9,24-25H,10-11H2,1-3H3. The summed E-state index contributed by atoms with van der Waals surface area (Å²) in [6.07, 6.45) is -4.55. The van der Waals surface area contributed by atoms with Gasteiger partial charge in [0.2, 0.25) is 0 Å². The maximum Gasteiger partial charge on any atom is 0.416 e. The minimum absolute atomic E-state index is 0.0445. The van der Waals surface area contributed by atoms with Gasteiger partial charge in [-0.3, -0.25) is 0 Å². The average Bonchev–Trinajstić information content (AvgIpc) is 2.60. The summed E-state index contributed by atoms with van der Waals surface area (Å²) in [4.78, 5) is 1.11. The molecule has 1 atom stereocenters. The van der Waals surface area contributed by atoms with Crippen molar-refractivity contribution in [3.8, 4) is 0 Å². The first kappa shape index (κ1) is 23.2. The second kappa shape index (κ2) is 9.17. The van der Waals surface area contributed by atoms with Crippen molar-refractivity contribution < 1.29 is 22.5 Å². The lowest BCUT2D eigenvalue weighted by Crippen LogP contribution is -2.33. The van der Waals surface area contributed by atoms with Gasteiger partial charge in [0.15, 0.2) is 0 Å². The van der Waals surface area contributed by atoms with Crippen LogP contribution in [-0.2, 0) is 30.3 Å². The third-order valence-electron chi connectivity index (χ3n) is 3.75. The predicted molar refractivity (Wildman–Crippen MR) is 108 cm³/mol. The highest BCUT2D eigenvalue weighted by Gasteiger charge is 2.32. The van der Waals surface area contributed by atoms with Crippen LogP contribution in [0.3, 0.4) is 0 Å². The summed E-state index contributed by atoms with van der Waals surface area (Å²) in [6.45, 7) is 5.05. The maximum atomic E-state index is 13.2. The summed E-state index contributed by atoms with van der Waals surface area (Å²) in [7, 11) is -1.46. The van der Waals surface area contributed by atoms with Gasteiger partial charge in [0, 0.05) is 16.3 Å². The van der Waals surface area contributed by atoms with E-state index in [1.54, 1.807) is 45.0 Å². The number of aliphatic hydroxyl groups excluding tert-OH is 1. The van der Waals surface area contributed by atoms with Crippen molar-refractivity contribution in [3.05, 3.63) is 58.1 Å². The molecule has 0 aliphatic rings. The summed E-state index contributed by atoms with van der Waals surface area (Å²) >= 11 is 7.38. The van der Waals surface area contributed by atoms with Gasteiger partial charge in [-0.25, -0.2) is 8.93 Å². The van der Waals surface area contributed by atoms with E-state index in [1.807, 2.05) is 0 Å². The smallest absolute Gasteiger partial charge is 0.392 e. The predicted octanol–water partition coefficient (Wildman–Crippen LogP) is 5.55. The van der Waals surface area contributed by atoms with Crippen molar-refractivity contribution in [2.45, 2.75) is 54.6 Å². The van der Waals surface area contributed by atoms with Crippen molar-refractivity contribution in [2.24, 2.45) is 0 Å². The minimum atomic E-state index is -4.55. The molecule has 154 valence electrons. The van der Waals surface area contributed by atoms with Gasteiger partial charge in [0.05, 0.1) is 32.9 Å². The fourth-order valence-electron chi connectivity index (χ4n) is 2.26. The number of hydrogen-bond donors (Lipinski definition) is 2. The Bertz CT molecular complexity index is 867. The van der Waals surface area contributed by atoms with E-state index in [4.69, 9.17) is 11.6 Å². The largest absolute Gasteiger partial charge is 0.416 e. The number of aliphatic hydroxyl groups is 1. The third-order valence-corrected chi connectivity index (χ3v) is 6.99. The molecule has 9 heteroatoms. The number of nitrogens with one attached hydrogen (secondary N) is 1. The van der Waals surface area contributed by atoms with Crippen LogP contribution < -0.4 is 4.72 Å². The molecule has 0 fully saturated rings. The van der Waals surface area contributed by atoms with Gasteiger partial charge in [0.25, 0.3) is 0 Å². The third kappa shape index (κ3) is 5.97. The van der Waals surface area contributed by atoms with Crippen LogP contribution in [-0.4, -0.2) is 14.1 Å². The van der Waals surface area contributed by atoms with E-state index in [0.29, 0.717) is 15.4 Å². The number of benzene rings is 2. The molecule has 0 radical (unpaired) electrons. The lowest BCUT2D eigenvalue weighted by molar-refractivity contribution is -0.137. The Hall–Kier alpha value is -1.06. The first-order valence-electron chi connectivity index (χ1n) is 8.35. The Morgan fingerprint density at radius 3 is 2.36 bits per heavy atom. The lowest BCUT2D eigenvalue weighted by atomic mass is 10.1. The van der Waals surface area contributed by atoms with Crippen LogP contribution >= 0.6 is 23.4 Å². The van der Waals surface area contributed by atoms with Crippen molar-refractivity contribution >= 4 is 34.3 Å². The molecule has 0 amide bonds. The minimum Gasteiger partial charge on any atom is -0.392 e. The van der Waals surface area contributed by atoms with Gasteiger partial charge in [-0.1, -0.05) is 41.6 Å². The summed E-state index contributed by atoms with van der Waals surface area (Å²) < 4.78 is 54.2. The molecule has 2 N–H and O–H groups in total. The van der Waals surface area contributed by atoms with Crippen LogP contribution in [0.5, 0.6) is 0 Å². The molecular weight excluding hydrogens is 431 g/mol. The molecule has 1 unspecified atom stereocenters. The molecule has 0 aliphatic carbocycles. The Balaban J connectivity index is 2.46. The van der Waals surface area contributed by atoms with Crippen LogP contribution in [0.15, 0.2) is 46.2 Å². The highest BCUT2D eigenvalue weighted by Crippen LogP contribution is 2.41. The highest BCUT2D eigenvalue weighted by atomic mass is 35.5. The molecule has 0 aromatic heterocycles. The fraction of sp³-hybridized carbons (Fsp3) is 0.368. The summed E-state index contributed by atoms with van der Waals surface area (Å²) in [5.74, 6) is 0. The van der Waals surface area contributed by atoms with E-state index >= 15 is 0 Å². The van der Waals surface area contributed by atoms with Crippen molar-refractivity contribution in [1.29, 1.82) is 0 Å². The van der Waals surface area contributed by atoms with Gasteiger partial charge in [-0.2, -0.15) is 13.2 Å². The van der Waals surface area contributed by atoms with E-state index in [2.05, 4.69) is 4.72 Å². The number of hydrogen-bond acceptors (Lipinski definition) is 3. The molecule has 0 bridgehead atoms. The summed E-state index contributed by atoms with van der Waals surface area (Å²) in [5.41, 5.74) is 0.0615. The summed E-state index contributed by atoms with van der Waals surface area (Å²) in [5, 5.41) is 9.45. The Morgan fingerprint density at radius 2 is 1.79 bits per heavy atom. The van der Waals surface area contributed by atoms with Gasteiger partial charge >= 0.3 is 6.18 Å². The van der Waals surface area contributed by atoms with Crippen molar-refractivity contribution in [1.82, 2.24) is 4.72 Å². The molecule has 28 heavy (non-hydrogen) atoms. The average molecular weight is 452 g/mol. The normalized spacial score (nSPS) is 13.6. The van der Waals surface area contributed by atoms with Gasteiger partial charge < -0.3 is 5.11 Å². The molecule has 2 rings (SSSR count). The molecule has 3 nitrogen and oxygen atoms in total. The van der Waals surface area contributed by atoms with Crippen LogP contribution in [0.4, 0.5) is 13.2 Å². The number of rotatable bonds is 6. The maximum absolute atomic E-state index is 13.2. The zero-order valence-electron chi connectivity index (χ0n) is 15.6.